The SMILES string of the molecule is OC(CNCC1CCC2OCOC2C1)COC1CCCCC1. The van der Waals surface area contributed by atoms with Crippen molar-refractivity contribution in [3.63, 3.8) is 0 Å². The van der Waals surface area contributed by atoms with E-state index < -0.39 is 6.10 Å². The van der Waals surface area contributed by atoms with Crippen LogP contribution in [0.3, 0.4) is 0 Å². The van der Waals surface area contributed by atoms with Crippen LogP contribution < -0.4 is 5.32 Å². The molecule has 1 aliphatic heterocycles. The lowest BCUT2D eigenvalue weighted by Crippen LogP contribution is -2.38. The standard InChI is InChI=1S/C17H31NO4/c19-14(11-20-15-4-2-1-3-5-15)10-18-9-13-6-7-16-17(8-13)22-12-21-16/h13-19H,1-12H2. The van der Waals surface area contributed by atoms with Crippen molar-refractivity contribution in [3.05, 3.63) is 0 Å². The van der Waals surface area contributed by atoms with E-state index in [1.165, 1.54) is 25.7 Å². The number of fused-ring (bicyclic) bond motifs is 1. The first-order valence-electron chi connectivity index (χ1n) is 9.05. The van der Waals surface area contributed by atoms with E-state index in [1.54, 1.807) is 0 Å². The smallest absolute Gasteiger partial charge is 0.147 e. The largest absolute Gasteiger partial charge is 0.389 e. The lowest BCUT2D eigenvalue weighted by atomic mass is 9.85. The lowest BCUT2D eigenvalue weighted by molar-refractivity contribution is -0.0234. The van der Waals surface area contributed by atoms with Gasteiger partial charge >= 0.3 is 0 Å². The van der Waals surface area contributed by atoms with Crippen LogP contribution in [0, 0.1) is 5.92 Å². The summed E-state index contributed by atoms with van der Waals surface area (Å²) < 4.78 is 17.0. The van der Waals surface area contributed by atoms with Gasteiger partial charge in [0.2, 0.25) is 0 Å². The first-order valence-corrected chi connectivity index (χ1v) is 9.05. The third kappa shape index (κ3) is 4.90. The van der Waals surface area contributed by atoms with Crippen molar-refractivity contribution in [1.82, 2.24) is 5.32 Å². The summed E-state index contributed by atoms with van der Waals surface area (Å²) in [6.45, 7) is 2.50. The van der Waals surface area contributed by atoms with Crippen LogP contribution in [0.15, 0.2) is 0 Å². The first-order chi connectivity index (χ1) is 10.8. The lowest BCUT2D eigenvalue weighted by Gasteiger charge is -2.30. The van der Waals surface area contributed by atoms with Crippen molar-refractivity contribution in [1.29, 1.82) is 0 Å². The minimum Gasteiger partial charge on any atom is -0.389 e. The molecule has 128 valence electrons. The molecule has 5 nitrogen and oxygen atoms in total. The monoisotopic (exact) mass is 313 g/mol. The molecule has 0 aromatic carbocycles. The molecule has 0 aromatic heterocycles. The molecule has 2 saturated carbocycles. The second-order valence-corrected chi connectivity index (χ2v) is 7.11. The van der Waals surface area contributed by atoms with E-state index in [1.807, 2.05) is 0 Å². The maximum Gasteiger partial charge on any atom is 0.147 e. The van der Waals surface area contributed by atoms with Gasteiger partial charge in [0.1, 0.15) is 6.79 Å². The molecule has 2 N–H and O–H groups in total. The van der Waals surface area contributed by atoms with E-state index in [0.717, 1.165) is 32.2 Å². The summed E-state index contributed by atoms with van der Waals surface area (Å²) in [5.41, 5.74) is 0. The van der Waals surface area contributed by atoms with Gasteiger partial charge < -0.3 is 24.6 Å². The third-order valence-electron chi connectivity index (χ3n) is 5.29. The van der Waals surface area contributed by atoms with Gasteiger partial charge in [0.25, 0.3) is 0 Å². The molecule has 0 spiro atoms. The first kappa shape index (κ1) is 16.7. The molecular weight excluding hydrogens is 282 g/mol. The predicted molar refractivity (Wildman–Crippen MR) is 83.7 cm³/mol. The summed E-state index contributed by atoms with van der Waals surface area (Å²) >= 11 is 0. The van der Waals surface area contributed by atoms with E-state index in [-0.39, 0.29) is 0 Å². The van der Waals surface area contributed by atoms with Gasteiger partial charge in [-0.25, -0.2) is 0 Å². The fourth-order valence-electron chi connectivity index (χ4n) is 3.94. The summed E-state index contributed by atoms with van der Waals surface area (Å²) in [6.07, 6.45) is 10.2. The minimum atomic E-state index is -0.399. The molecule has 22 heavy (non-hydrogen) atoms. The molecule has 0 aromatic rings. The van der Waals surface area contributed by atoms with Gasteiger partial charge in [-0.05, 0) is 44.6 Å². The van der Waals surface area contributed by atoms with Crippen molar-refractivity contribution >= 4 is 0 Å². The highest BCUT2D eigenvalue weighted by Crippen LogP contribution is 2.31. The van der Waals surface area contributed by atoms with Gasteiger partial charge in [0.05, 0.1) is 31.0 Å². The molecule has 3 fully saturated rings. The molecule has 1 heterocycles. The van der Waals surface area contributed by atoms with Gasteiger partial charge in [-0.2, -0.15) is 0 Å². The summed E-state index contributed by atoms with van der Waals surface area (Å²) in [6, 6.07) is 0. The highest BCUT2D eigenvalue weighted by atomic mass is 16.7. The quantitative estimate of drug-likeness (QED) is 0.751. The zero-order chi connectivity index (χ0) is 15.2. The predicted octanol–water partition coefficient (Wildman–Crippen LogP) is 1.83. The number of rotatable bonds is 7. The minimum absolute atomic E-state index is 0.292. The van der Waals surface area contributed by atoms with E-state index in [9.17, 15) is 5.11 Å². The van der Waals surface area contributed by atoms with Crippen LogP contribution in [0.25, 0.3) is 0 Å². The Bertz CT molecular complexity index is 322. The van der Waals surface area contributed by atoms with Gasteiger partial charge in [-0.3, -0.25) is 0 Å². The Morgan fingerprint density at radius 2 is 1.86 bits per heavy atom. The van der Waals surface area contributed by atoms with Gasteiger partial charge in [-0.1, -0.05) is 19.3 Å². The maximum atomic E-state index is 10.0. The van der Waals surface area contributed by atoms with E-state index in [4.69, 9.17) is 14.2 Å². The Labute approximate surface area is 133 Å². The Hall–Kier alpha value is -0.200. The normalized spacial score (nSPS) is 34.5. The van der Waals surface area contributed by atoms with Gasteiger partial charge in [-0.15, -0.1) is 0 Å². The highest BCUT2D eigenvalue weighted by molar-refractivity contribution is 4.84. The zero-order valence-corrected chi connectivity index (χ0v) is 13.5. The molecule has 3 rings (SSSR count). The molecule has 4 unspecified atom stereocenters. The van der Waals surface area contributed by atoms with E-state index in [2.05, 4.69) is 5.32 Å². The average Bonchev–Trinajstić information content (AvgIpc) is 3.02. The van der Waals surface area contributed by atoms with Crippen LogP contribution in [0.4, 0.5) is 0 Å². The zero-order valence-electron chi connectivity index (χ0n) is 13.5. The molecule has 3 aliphatic rings. The van der Waals surface area contributed by atoms with Crippen LogP contribution in [0.2, 0.25) is 0 Å². The number of aliphatic hydroxyl groups excluding tert-OH is 1. The highest BCUT2D eigenvalue weighted by Gasteiger charge is 2.35. The van der Waals surface area contributed by atoms with Crippen LogP contribution in [0.5, 0.6) is 0 Å². The molecule has 2 aliphatic carbocycles. The average molecular weight is 313 g/mol. The molecule has 0 radical (unpaired) electrons. The summed E-state index contributed by atoms with van der Waals surface area (Å²) in [4.78, 5) is 0. The molecule has 0 bridgehead atoms. The van der Waals surface area contributed by atoms with E-state index in [0.29, 0.717) is 44.2 Å². The third-order valence-corrected chi connectivity index (χ3v) is 5.29. The van der Waals surface area contributed by atoms with Crippen LogP contribution in [0.1, 0.15) is 51.4 Å². The van der Waals surface area contributed by atoms with Crippen LogP contribution in [-0.2, 0) is 14.2 Å². The Morgan fingerprint density at radius 1 is 1.05 bits per heavy atom. The summed E-state index contributed by atoms with van der Waals surface area (Å²) in [5.74, 6) is 0.634. The Balaban J connectivity index is 1.24. The number of nitrogens with one attached hydrogen (secondary N) is 1. The molecule has 4 atom stereocenters. The van der Waals surface area contributed by atoms with Crippen LogP contribution in [-0.4, -0.2) is 56.0 Å². The van der Waals surface area contributed by atoms with Crippen molar-refractivity contribution in [3.8, 4) is 0 Å². The fourth-order valence-corrected chi connectivity index (χ4v) is 3.94. The van der Waals surface area contributed by atoms with Gasteiger partial charge in [0.15, 0.2) is 0 Å². The van der Waals surface area contributed by atoms with E-state index >= 15 is 0 Å². The fraction of sp³-hybridized carbons (Fsp3) is 1.00. The van der Waals surface area contributed by atoms with Crippen molar-refractivity contribution < 1.29 is 19.3 Å². The molecule has 1 saturated heterocycles. The number of hydrogen-bond donors (Lipinski definition) is 2. The molecule has 5 heteroatoms. The summed E-state index contributed by atoms with van der Waals surface area (Å²) in [7, 11) is 0. The van der Waals surface area contributed by atoms with Crippen molar-refractivity contribution in [2.75, 3.05) is 26.5 Å². The second kappa shape index (κ2) is 8.60. The summed E-state index contributed by atoms with van der Waals surface area (Å²) in [5, 5.41) is 13.4. The number of aliphatic hydroxyl groups is 1. The number of hydrogen-bond acceptors (Lipinski definition) is 5. The van der Waals surface area contributed by atoms with Crippen molar-refractivity contribution in [2.24, 2.45) is 5.92 Å². The Kier molecular flexibility index (Phi) is 6.51. The topological polar surface area (TPSA) is 60.0 Å². The molecular formula is C17H31NO4. The Morgan fingerprint density at radius 3 is 2.73 bits per heavy atom. The number of ether oxygens (including phenoxy) is 3. The van der Waals surface area contributed by atoms with Crippen LogP contribution >= 0.6 is 0 Å². The second-order valence-electron chi connectivity index (χ2n) is 7.11. The maximum absolute atomic E-state index is 10.0. The van der Waals surface area contributed by atoms with Gasteiger partial charge in [0, 0.05) is 6.54 Å². The molecule has 0 amide bonds. The van der Waals surface area contributed by atoms with Crippen molar-refractivity contribution in [2.45, 2.75) is 75.8 Å².